The quantitative estimate of drug-likeness (QED) is 0.817. The molecule has 2 aliphatic rings. The average Bonchev–Trinajstić information content (AvgIpc) is 2.47. The molecule has 2 saturated heterocycles. The predicted molar refractivity (Wildman–Crippen MR) is 90.2 cm³/mol. The number of halogens is 1. The van der Waals surface area contributed by atoms with Gasteiger partial charge in [-0.2, -0.15) is 0 Å². The number of nitrogens with zero attached hydrogens (tertiary/aromatic N) is 1. The largest absolute Gasteiger partial charge is 0.487 e. The number of nitrogens with one attached hydrogen (secondary N) is 1. The lowest BCUT2D eigenvalue weighted by atomic mass is 10.1. The van der Waals surface area contributed by atoms with Crippen molar-refractivity contribution >= 4 is 25.8 Å². The van der Waals surface area contributed by atoms with Crippen molar-refractivity contribution in [3.8, 4) is 5.75 Å². The van der Waals surface area contributed by atoms with E-state index in [0.717, 1.165) is 49.4 Å². The van der Waals surface area contributed by atoms with Crippen LogP contribution in [0.15, 0.2) is 22.7 Å². The summed E-state index contributed by atoms with van der Waals surface area (Å²) in [7, 11) is -2.84. The Labute approximate surface area is 140 Å². The van der Waals surface area contributed by atoms with E-state index in [0.29, 0.717) is 0 Å². The van der Waals surface area contributed by atoms with Crippen LogP contribution >= 0.6 is 15.9 Å². The molecule has 0 radical (unpaired) electrons. The number of ether oxygens (including phenoxy) is 1. The van der Waals surface area contributed by atoms with E-state index in [2.05, 4.69) is 38.3 Å². The Bertz CT molecular complexity index is 618. The Kier molecular flexibility index (Phi) is 5.07. The molecule has 0 aromatic heterocycles. The molecule has 0 saturated carbocycles. The zero-order chi connectivity index (χ0) is 15.6. The van der Waals surface area contributed by atoms with Crippen LogP contribution in [0.1, 0.15) is 5.56 Å². The Morgan fingerprint density at radius 2 is 2.00 bits per heavy atom. The Morgan fingerprint density at radius 3 is 2.64 bits per heavy atom. The zero-order valence-corrected chi connectivity index (χ0v) is 14.8. The maximum absolute atomic E-state index is 11.2. The maximum atomic E-state index is 11.2. The summed E-state index contributed by atoms with van der Waals surface area (Å²) >= 11 is 3.53. The molecule has 1 aromatic carbocycles. The fourth-order valence-electron chi connectivity index (χ4n) is 2.78. The van der Waals surface area contributed by atoms with E-state index in [9.17, 15) is 8.42 Å². The third-order valence-corrected chi connectivity index (χ3v) is 6.47. The molecule has 5 nitrogen and oxygen atoms in total. The number of sulfone groups is 1. The zero-order valence-electron chi connectivity index (χ0n) is 12.4. The first-order chi connectivity index (χ1) is 10.5. The van der Waals surface area contributed by atoms with Gasteiger partial charge in [-0.05, 0) is 40.0 Å². The summed E-state index contributed by atoms with van der Waals surface area (Å²) in [6.07, 6.45) is 0.810. The Morgan fingerprint density at radius 1 is 1.27 bits per heavy atom. The van der Waals surface area contributed by atoms with Crippen LogP contribution in [0.5, 0.6) is 5.75 Å². The molecule has 2 aliphatic heterocycles. The van der Waals surface area contributed by atoms with Crippen LogP contribution in [0.25, 0.3) is 0 Å². The highest BCUT2D eigenvalue weighted by molar-refractivity contribution is 9.10. The van der Waals surface area contributed by atoms with Gasteiger partial charge in [0.2, 0.25) is 0 Å². The van der Waals surface area contributed by atoms with Gasteiger partial charge in [0.1, 0.15) is 11.9 Å². The van der Waals surface area contributed by atoms with Gasteiger partial charge in [-0.25, -0.2) is 8.42 Å². The lowest BCUT2D eigenvalue weighted by Crippen LogP contribution is -2.45. The SMILES string of the molecule is O=S1(=O)CC(Oc2ccc(CCN3CCNCC3)cc2Br)C1. The summed E-state index contributed by atoms with van der Waals surface area (Å²) in [5, 5.41) is 3.36. The van der Waals surface area contributed by atoms with E-state index in [4.69, 9.17) is 4.74 Å². The first kappa shape index (κ1) is 16.2. The van der Waals surface area contributed by atoms with Crippen molar-refractivity contribution in [3.05, 3.63) is 28.2 Å². The van der Waals surface area contributed by atoms with Gasteiger partial charge in [0.05, 0.1) is 16.0 Å². The number of hydrogen-bond acceptors (Lipinski definition) is 5. The van der Waals surface area contributed by atoms with Gasteiger partial charge in [0.25, 0.3) is 0 Å². The molecule has 0 atom stereocenters. The van der Waals surface area contributed by atoms with Gasteiger partial charge < -0.3 is 15.0 Å². The Hall–Kier alpha value is -0.630. The van der Waals surface area contributed by atoms with Crippen molar-refractivity contribution in [2.24, 2.45) is 0 Å². The van der Waals surface area contributed by atoms with Crippen molar-refractivity contribution in [3.63, 3.8) is 0 Å². The molecule has 22 heavy (non-hydrogen) atoms. The molecule has 7 heteroatoms. The van der Waals surface area contributed by atoms with Crippen molar-refractivity contribution in [2.45, 2.75) is 12.5 Å². The normalized spacial score (nSPS) is 22.2. The third-order valence-electron chi connectivity index (χ3n) is 4.10. The van der Waals surface area contributed by atoms with Crippen LogP contribution in [0.2, 0.25) is 0 Å². The predicted octanol–water partition coefficient (Wildman–Crippen LogP) is 1.07. The summed E-state index contributed by atoms with van der Waals surface area (Å²) in [4.78, 5) is 2.47. The van der Waals surface area contributed by atoms with Gasteiger partial charge in [-0.1, -0.05) is 6.07 Å². The fourth-order valence-corrected chi connectivity index (χ4v) is 4.47. The van der Waals surface area contributed by atoms with Gasteiger partial charge in [-0.15, -0.1) is 0 Å². The van der Waals surface area contributed by atoms with Crippen LogP contribution in [0, 0.1) is 0 Å². The van der Waals surface area contributed by atoms with Crippen LogP contribution < -0.4 is 10.1 Å². The number of rotatable bonds is 5. The third kappa shape index (κ3) is 4.22. The second kappa shape index (κ2) is 6.86. The standard InChI is InChI=1S/C15H21BrN2O3S/c16-14-9-12(3-6-18-7-4-17-5-8-18)1-2-15(14)21-13-10-22(19,20)11-13/h1-2,9,13,17H,3-8,10-11H2. The summed E-state index contributed by atoms with van der Waals surface area (Å²) in [6.45, 7) is 5.42. The lowest BCUT2D eigenvalue weighted by molar-refractivity contribution is 0.228. The number of hydrogen-bond donors (Lipinski definition) is 1. The van der Waals surface area contributed by atoms with E-state index in [1.54, 1.807) is 0 Å². The van der Waals surface area contributed by atoms with Crippen LogP contribution in [-0.4, -0.2) is 63.7 Å². The Balaban J connectivity index is 1.53. The first-order valence-electron chi connectivity index (χ1n) is 7.60. The molecule has 0 aliphatic carbocycles. The molecule has 0 amide bonds. The minimum atomic E-state index is -2.84. The summed E-state index contributed by atoms with van der Waals surface area (Å²) < 4.78 is 28.9. The summed E-state index contributed by atoms with van der Waals surface area (Å²) in [5.41, 5.74) is 1.26. The molecule has 0 spiro atoms. The van der Waals surface area contributed by atoms with E-state index >= 15 is 0 Å². The molecule has 1 aromatic rings. The number of benzene rings is 1. The summed E-state index contributed by atoms with van der Waals surface area (Å²) in [5.74, 6) is 0.986. The maximum Gasteiger partial charge on any atom is 0.157 e. The van der Waals surface area contributed by atoms with E-state index in [1.165, 1.54) is 5.56 Å². The first-order valence-corrected chi connectivity index (χ1v) is 10.2. The second-order valence-electron chi connectivity index (χ2n) is 5.92. The fraction of sp³-hybridized carbons (Fsp3) is 0.600. The van der Waals surface area contributed by atoms with E-state index in [-0.39, 0.29) is 17.6 Å². The van der Waals surface area contributed by atoms with Crippen LogP contribution in [-0.2, 0) is 16.3 Å². The smallest absolute Gasteiger partial charge is 0.157 e. The van der Waals surface area contributed by atoms with Crippen molar-refractivity contribution < 1.29 is 13.2 Å². The topological polar surface area (TPSA) is 58.6 Å². The highest BCUT2D eigenvalue weighted by Crippen LogP contribution is 2.29. The minimum Gasteiger partial charge on any atom is -0.487 e. The monoisotopic (exact) mass is 388 g/mol. The molecule has 1 N–H and O–H groups in total. The van der Waals surface area contributed by atoms with Crippen molar-refractivity contribution in [1.29, 1.82) is 0 Å². The van der Waals surface area contributed by atoms with Crippen LogP contribution in [0.3, 0.4) is 0 Å². The molecular weight excluding hydrogens is 368 g/mol. The molecule has 3 rings (SSSR count). The van der Waals surface area contributed by atoms with E-state index in [1.807, 2.05) is 6.07 Å². The highest BCUT2D eigenvalue weighted by atomic mass is 79.9. The molecule has 2 fully saturated rings. The molecule has 2 heterocycles. The second-order valence-corrected chi connectivity index (χ2v) is 8.93. The summed E-state index contributed by atoms with van der Waals surface area (Å²) in [6, 6.07) is 6.07. The van der Waals surface area contributed by atoms with Crippen LogP contribution in [0.4, 0.5) is 0 Å². The molecule has 0 unspecified atom stereocenters. The van der Waals surface area contributed by atoms with Gasteiger partial charge in [0, 0.05) is 32.7 Å². The van der Waals surface area contributed by atoms with Gasteiger partial charge >= 0.3 is 0 Å². The highest BCUT2D eigenvalue weighted by Gasteiger charge is 2.35. The molecule has 0 bridgehead atoms. The van der Waals surface area contributed by atoms with Gasteiger partial charge in [0.15, 0.2) is 9.84 Å². The van der Waals surface area contributed by atoms with Crippen molar-refractivity contribution in [2.75, 3.05) is 44.2 Å². The van der Waals surface area contributed by atoms with Crippen molar-refractivity contribution in [1.82, 2.24) is 10.2 Å². The van der Waals surface area contributed by atoms with E-state index < -0.39 is 9.84 Å². The average molecular weight is 389 g/mol. The molecular formula is C15H21BrN2O3S. The van der Waals surface area contributed by atoms with Gasteiger partial charge in [-0.3, -0.25) is 0 Å². The lowest BCUT2D eigenvalue weighted by Gasteiger charge is -2.28. The molecule has 122 valence electrons. The minimum absolute atomic E-state index is 0.129. The number of piperazine rings is 1.